The van der Waals surface area contributed by atoms with E-state index in [2.05, 4.69) is 0 Å². The van der Waals surface area contributed by atoms with E-state index < -0.39 is 86.8 Å². The third-order valence-electron chi connectivity index (χ3n) is 6.97. The van der Waals surface area contributed by atoms with E-state index in [4.69, 9.17) is 5.73 Å². The molecule has 0 bridgehead atoms. The second-order valence-corrected chi connectivity index (χ2v) is 10.5. The molecule has 1 amide bonds. The first-order chi connectivity index (χ1) is 16.0. The first-order valence-corrected chi connectivity index (χ1v) is 12.3. The average molecular weight is 492 g/mol. The van der Waals surface area contributed by atoms with Crippen LogP contribution in [0.15, 0.2) is 35.1 Å². The maximum atomic E-state index is 13.6. The van der Waals surface area contributed by atoms with E-state index in [9.17, 15) is 44.1 Å². The van der Waals surface area contributed by atoms with Gasteiger partial charge in [-0.1, -0.05) is 19.1 Å². The topological polar surface area (TPSA) is 195 Å². The van der Waals surface area contributed by atoms with E-state index in [1.807, 2.05) is 6.92 Å². The van der Waals surface area contributed by atoms with Gasteiger partial charge in [0.25, 0.3) is 5.91 Å². The number of fused-ring (bicyclic) bond motifs is 3. The molecule has 4 rings (SSSR count). The Morgan fingerprint density at radius 1 is 1.24 bits per heavy atom. The number of benzene rings is 1. The minimum absolute atomic E-state index is 0.0243. The fourth-order valence-corrected chi connectivity index (χ4v) is 6.89. The molecular formula is C23H25NO9S. The Bertz CT molecular complexity index is 1200. The molecule has 10 nitrogen and oxygen atoms in total. The van der Waals surface area contributed by atoms with Crippen LogP contribution in [-0.4, -0.2) is 70.4 Å². The van der Waals surface area contributed by atoms with Crippen LogP contribution in [0.4, 0.5) is 0 Å². The lowest BCUT2D eigenvalue weighted by molar-refractivity contribution is -0.160. The number of aliphatic hydroxyl groups excluding tert-OH is 3. The zero-order chi connectivity index (χ0) is 25.1. The Balaban J connectivity index is 1.98. The number of rotatable bonds is 5. The molecule has 1 saturated carbocycles. The molecule has 3 aliphatic rings. The van der Waals surface area contributed by atoms with Crippen molar-refractivity contribution in [3.8, 4) is 5.75 Å². The van der Waals surface area contributed by atoms with Crippen LogP contribution in [0, 0.1) is 11.8 Å². The molecule has 0 heterocycles. The highest BCUT2D eigenvalue weighted by Crippen LogP contribution is 2.55. The summed E-state index contributed by atoms with van der Waals surface area (Å²) in [7, 11) is -1.39. The molecule has 1 fully saturated rings. The molecule has 6 atom stereocenters. The molecule has 34 heavy (non-hydrogen) atoms. The first-order valence-electron chi connectivity index (χ1n) is 10.8. The summed E-state index contributed by atoms with van der Waals surface area (Å²) < 4.78 is 12.7. The van der Waals surface area contributed by atoms with Gasteiger partial charge >= 0.3 is 0 Å². The first kappa shape index (κ1) is 24.1. The minimum Gasteiger partial charge on any atom is -0.508 e. The number of phenolic OH excluding ortho intramolecular Hbond substituents is 1. The van der Waals surface area contributed by atoms with Gasteiger partial charge in [0.05, 0.1) is 11.7 Å². The largest absolute Gasteiger partial charge is 0.508 e. The number of Topliss-reactive ketones (excluding diaryl/α,β-unsaturated/α-hetero) is 2. The van der Waals surface area contributed by atoms with Crippen molar-refractivity contribution in [2.45, 2.75) is 37.4 Å². The molecule has 1 aromatic rings. The maximum Gasteiger partial charge on any atom is 0.255 e. The van der Waals surface area contributed by atoms with Crippen LogP contribution in [-0.2, 0) is 25.2 Å². The molecular weight excluding hydrogens is 466 g/mol. The monoisotopic (exact) mass is 491 g/mol. The third-order valence-corrected chi connectivity index (χ3v) is 8.56. The lowest BCUT2D eigenvalue weighted by Crippen LogP contribution is -2.64. The van der Waals surface area contributed by atoms with Crippen LogP contribution in [0.2, 0.25) is 0 Å². The predicted octanol–water partition coefficient (Wildman–Crippen LogP) is 0.0945. The minimum atomic E-state index is -2.90. The second-order valence-electron chi connectivity index (χ2n) is 8.85. The molecule has 1 unspecified atom stereocenters. The van der Waals surface area contributed by atoms with Gasteiger partial charge in [0.1, 0.15) is 22.8 Å². The third kappa shape index (κ3) is 3.22. The summed E-state index contributed by atoms with van der Waals surface area (Å²) in [5.41, 5.74) is 1.08. The smallest absolute Gasteiger partial charge is 0.255 e. The SMILES string of the molecule is CCCS(=O)C[C@H]1c2cccc(O)c2C(O)=C2C(=O)[C@]3(O)C(O)=C(C(N)=O)C(=O)C[C@@H]3[C@@H](O)[C@@H]21. The average Bonchev–Trinajstić information content (AvgIpc) is 2.76. The van der Waals surface area contributed by atoms with Crippen LogP contribution in [0.1, 0.15) is 36.8 Å². The standard InChI is InChI=1S/C23H25NO9S/c1-2-6-34(33)8-10-9-4-3-5-12(25)14(9)19(28)17-15(10)18(27)11-7-13(26)16(22(24)31)20(29)23(11,32)21(17)30/h3-5,10-11,15,18,25,27-29,32H,2,6-8H2,1H3,(H2,24,31)/t10-,11+,15+,18+,23+,34?/m0/s1. The van der Waals surface area contributed by atoms with Gasteiger partial charge in [-0.3, -0.25) is 18.6 Å². The van der Waals surface area contributed by atoms with Crippen molar-refractivity contribution in [1.82, 2.24) is 0 Å². The van der Waals surface area contributed by atoms with Crippen LogP contribution < -0.4 is 5.73 Å². The van der Waals surface area contributed by atoms with E-state index in [1.165, 1.54) is 12.1 Å². The van der Waals surface area contributed by atoms with Crippen molar-refractivity contribution in [1.29, 1.82) is 0 Å². The lowest BCUT2D eigenvalue weighted by Gasteiger charge is -2.50. The van der Waals surface area contributed by atoms with Gasteiger partial charge < -0.3 is 31.3 Å². The van der Waals surface area contributed by atoms with E-state index in [1.54, 1.807) is 6.07 Å². The van der Waals surface area contributed by atoms with Gasteiger partial charge in [-0.15, -0.1) is 0 Å². The maximum absolute atomic E-state index is 13.6. The molecule has 0 aliphatic heterocycles. The summed E-state index contributed by atoms with van der Waals surface area (Å²) in [6, 6.07) is 4.36. The van der Waals surface area contributed by atoms with Crippen molar-refractivity contribution < 1.29 is 44.1 Å². The van der Waals surface area contributed by atoms with Crippen LogP contribution in [0.3, 0.4) is 0 Å². The van der Waals surface area contributed by atoms with Gasteiger partial charge in [0, 0.05) is 52.1 Å². The second kappa shape index (κ2) is 8.33. The van der Waals surface area contributed by atoms with Crippen molar-refractivity contribution in [2.24, 2.45) is 17.6 Å². The normalized spacial score (nSPS) is 31.6. The molecule has 7 N–H and O–H groups in total. The highest BCUT2D eigenvalue weighted by atomic mass is 32.2. The number of hydrogen-bond acceptors (Lipinski definition) is 9. The molecule has 3 aliphatic carbocycles. The summed E-state index contributed by atoms with van der Waals surface area (Å²) in [6.07, 6.45) is -1.70. The number of primary amides is 1. The van der Waals surface area contributed by atoms with E-state index >= 15 is 0 Å². The fraction of sp³-hybridized carbons (Fsp3) is 0.435. The number of nitrogens with two attached hydrogens (primary N) is 1. The van der Waals surface area contributed by atoms with Crippen LogP contribution in [0.25, 0.3) is 5.76 Å². The molecule has 0 radical (unpaired) electrons. The highest BCUT2D eigenvalue weighted by molar-refractivity contribution is 7.85. The fourth-order valence-electron chi connectivity index (χ4n) is 5.49. The van der Waals surface area contributed by atoms with Crippen LogP contribution >= 0.6 is 0 Å². The summed E-state index contributed by atoms with van der Waals surface area (Å²) in [5, 5.41) is 54.8. The number of amides is 1. The van der Waals surface area contributed by atoms with Gasteiger partial charge in [-0.05, 0) is 18.1 Å². The number of carbonyl (C=O) groups excluding carboxylic acids is 3. The Hall–Kier alpha value is -3.02. The number of hydrogen-bond donors (Lipinski definition) is 6. The van der Waals surface area contributed by atoms with E-state index in [0.717, 1.165) is 0 Å². The van der Waals surface area contributed by atoms with Gasteiger partial charge in [-0.2, -0.15) is 0 Å². The number of aliphatic hydroxyl groups is 4. The molecule has 182 valence electrons. The van der Waals surface area contributed by atoms with Gasteiger partial charge in [0.2, 0.25) is 5.78 Å². The molecule has 0 saturated heterocycles. The Morgan fingerprint density at radius 2 is 1.91 bits per heavy atom. The summed E-state index contributed by atoms with van der Waals surface area (Å²) in [6.45, 7) is 1.84. The zero-order valence-electron chi connectivity index (χ0n) is 18.2. The van der Waals surface area contributed by atoms with Gasteiger partial charge in [0.15, 0.2) is 11.4 Å². The van der Waals surface area contributed by atoms with Crippen molar-refractivity contribution in [3.63, 3.8) is 0 Å². The molecule has 1 aromatic carbocycles. The zero-order valence-corrected chi connectivity index (χ0v) is 19.0. The van der Waals surface area contributed by atoms with Gasteiger partial charge in [-0.25, -0.2) is 0 Å². The summed E-state index contributed by atoms with van der Waals surface area (Å²) in [4.78, 5) is 37.9. The van der Waals surface area contributed by atoms with Crippen molar-refractivity contribution >= 4 is 34.0 Å². The van der Waals surface area contributed by atoms with E-state index in [0.29, 0.717) is 17.7 Å². The Morgan fingerprint density at radius 3 is 2.53 bits per heavy atom. The van der Waals surface area contributed by atoms with Crippen molar-refractivity contribution in [2.75, 3.05) is 11.5 Å². The Labute approximate surface area is 196 Å². The van der Waals surface area contributed by atoms with Crippen molar-refractivity contribution in [3.05, 3.63) is 46.2 Å². The molecule has 11 heteroatoms. The number of carbonyl (C=O) groups is 3. The molecule has 0 spiro atoms. The predicted molar refractivity (Wildman–Crippen MR) is 120 cm³/mol. The Kier molecular flexibility index (Phi) is 5.91. The lowest BCUT2D eigenvalue weighted by atomic mass is 9.55. The number of aromatic hydroxyl groups is 1. The summed E-state index contributed by atoms with van der Waals surface area (Å²) in [5.74, 6) is -9.12. The summed E-state index contributed by atoms with van der Waals surface area (Å²) >= 11 is 0. The van der Waals surface area contributed by atoms with E-state index in [-0.39, 0.29) is 17.1 Å². The number of ketones is 2. The van der Waals surface area contributed by atoms with Crippen LogP contribution in [0.5, 0.6) is 5.75 Å². The highest BCUT2D eigenvalue weighted by Gasteiger charge is 2.65. The molecule has 0 aromatic heterocycles. The quantitative estimate of drug-likeness (QED) is 0.309. The number of phenols is 1.